The highest BCUT2D eigenvalue weighted by Crippen LogP contribution is 2.31. The molecule has 1 aliphatic rings. The molecule has 0 spiro atoms. The van der Waals surface area contributed by atoms with Gasteiger partial charge in [0.2, 0.25) is 0 Å². The van der Waals surface area contributed by atoms with Gasteiger partial charge < -0.3 is 14.5 Å². The van der Waals surface area contributed by atoms with E-state index >= 15 is 0 Å². The van der Waals surface area contributed by atoms with Gasteiger partial charge in [-0.05, 0) is 54.6 Å². The summed E-state index contributed by atoms with van der Waals surface area (Å²) in [6, 6.07) is 20.2. The van der Waals surface area contributed by atoms with Crippen molar-refractivity contribution >= 4 is 38.1 Å². The number of methoxy groups -OCH3 is 1. The zero-order valence-corrected chi connectivity index (χ0v) is 20.0. The molecule has 6 rings (SSSR count). The number of anilines is 1. The van der Waals surface area contributed by atoms with E-state index in [2.05, 4.69) is 11.0 Å². The van der Waals surface area contributed by atoms with E-state index in [4.69, 9.17) is 9.72 Å². The molecule has 0 aliphatic carbocycles. The van der Waals surface area contributed by atoms with Crippen molar-refractivity contribution < 1.29 is 13.9 Å². The van der Waals surface area contributed by atoms with Gasteiger partial charge in [0.15, 0.2) is 4.96 Å². The first-order valence-electron chi connectivity index (χ1n) is 11.4. The molecule has 3 heterocycles. The second-order valence-corrected chi connectivity index (χ2v) is 9.56. The third-order valence-electron chi connectivity index (χ3n) is 6.47. The van der Waals surface area contributed by atoms with Crippen molar-refractivity contribution in [2.24, 2.45) is 0 Å². The van der Waals surface area contributed by atoms with Gasteiger partial charge in [0.05, 0.1) is 23.0 Å². The summed E-state index contributed by atoms with van der Waals surface area (Å²) in [6.45, 7) is 2.89. The van der Waals surface area contributed by atoms with E-state index < -0.39 is 0 Å². The molecule has 0 saturated carbocycles. The number of amides is 1. The SMILES string of the molecule is COc1cccc(N2CCN(C(=O)c3ccc4c(c3)sc3nc(-c5ccc(F)cc5)cn34)CC2)c1. The maximum atomic E-state index is 13.3. The molecule has 0 atom stereocenters. The molecular formula is C27H23FN4O2S. The van der Waals surface area contributed by atoms with Crippen LogP contribution in [-0.4, -0.2) is 53.5 Å². The van der Waals surface area contributed by atoms with Crippen LogP contribution >= 0.6 is 11.3 Å². The van der Waals surface area contributed by atoms with Crippen LogP contribution in [0.5, 0.6) is 5.75 Å². The number of piperazine rings is 1. The Morgan fingerprint density at radius 2 is 1.80 bits per heavy atom. The summed E-state index contributed by atoms with van der Waals surface area (Å²) in [4.78, 5) is 23.0. The number of fused-ring (bicyclic) bond motifs is 3. The van der Waals surface area contributed by atoms with Gasteiger partial charge in [0.1, 0.15) is 11.6 Å². The first kappa shape index (κ1) is 21.6. The summed E-state index contributed by atoms with van der Waals surface area (Å²) in [7, 11) is 1.67. The number of carbonyl (C=O) groups is 1. The Kier molecular flexibility index (Phi) is 5.37. The Morgan fingerprint density at radius 3 is 2.57 bits per heavy atom. The van der Waals surface area contributed by atoms with Gasteiger partial charge in [-0.25, -0.2) is 9.37 Å². The number of nitrogens with zero attached hydrogens (tertiary/aromatic N) is 4. The molecule has 8 heteroatoms. The Balaban J connectivity index is 1.19. The Morgan fingerprint density at radius 1 is 1.00 bits per heavy atom. The summed E-state index contributed by atoms with van der Waals surface area (Å²) in [5, 5.41) is 0. The topological polar surface area (TPSA) is 50.1 Å². The number of hydrogen-bond acceptors (Lipinski definition) is 5. The molecule has 0 N–H and O–H groups in total. The van der Waals surface area contributed by atoms with Crippen LogP contribution in [0.2, 0.25) is 0 Å². The number of rotatable bonds is 4. The highest BCUT2D eigenvalue weighted by molar-refractivity contribution is 7.23. The number of hydrogen-bond donors (Lipinski definition) is 0. The fourth-order valence-corrected chi connectivity index (χ4v) is 5.60. The molecule has 5 aromatic rings. The number of benzene rings is 3. The molecule has 0 unspecified atom stereocenters. The summed E-state index contributed by atoms with van der Waals surface area (Å²) < 4.78 is 21.6. The van der Waals surface area contributed by atoms with E-state index in [1.807, 2.05) is 51.9 Å². The second kappa shape index (κ2) is 8.70. The highest BCUT2D eigenvalue weighted by atomic mass is 32.1. The summed E-state index contributed by atoms with van der Waals surface area (Å²) in [6.07, 6.45) is 1.96. The molecular weight excluding hydrogens is 463 g/mol. The van der Waals surface area contributed by atoms with Crippen LogP contribution in [-0.2, 0) is 0 Å². The fraction of sp³-hybridized carbons (Fsp3) is 0.185. The van der Waals surface area contributed by atoms with Crippen LogP contribution in [0.1, 0.15) is 10.4 Å². The smallest absolute Gasteiger partial charge is 0.254 e. The lowest BCUT2D eigenvalue weighted by Gasteiger charge is -2.36. The molecule has 1 aliphatic heterocycles. The molecule has 3 aromatic carbocycles. The summed E-state index contributed by atoms with van der Waals surface area (Å²) >= 11 is 1.55. The number of thiazole rings is 1. The van der Waals surface area contributed by atoms with E-state index in [1.165, 1.54) is 12.1 Å². The van der Waals surface area contributed by atoms with Gasteiger partial charge in [-0.2, -0.15) is 0 Å². The largest absolute Gasteiger partial charge is 0.497 e. The highest BCUT2D eigenvalue weighted by Gasteiger charge is 2.23. The van der Waals surface area contributed by atoms with Crippen LogP contribution in [0.3, 0.4) is 0 Å². The predicted molar refractivity (Wildman–Crippen MR) is 137 cm³/mol. The zero-order valence-electron chi connectivity index (χ0n) is 19.1. The molecule has 1 saturated heterocycles. The van der Waals surface area contributed by atoms with Gasteiger partial charge in [-0.1, -0.05) is 17.4 Å². The monoisotopic (exact) mass is 486 g/mol. The zero-order chi connectivity index (χ0) is 23.9. The van der Waals surface area contributed by atoms with Crippen molar-refractivity contribution in [2.45, 2.75) is 0 Å². The normalized spacial score (nSPS) is 14.1. The van der Waals surface area contributed by atoms with Gasteiger partial charge in [-0.15, -0.1) is 0 Å². The van der Waals surface area contributed by atoms with Gasteiger partial charge in [0.25, 0.3) is 5.91 Å². The first-order valence-corrected chi connectivity index (χ1v) is 12.3. The number of aromatic nitrogens is 2. The minimum Gasteiger partial charge on any atom is -0.497 e. The molecule has 6 nitrogen and oxygen atoms in total. The van der Waals surface area contributed by atoms with Crippen molar-refractivity contribution in [3.05, 3.63) is 84.3 Å². The molecule has 35 heavy (non-hydrogen) atoms. The number of halogens is 1. The quantitative estimate of drug-likeness (QED) is 0.345. The average molecular weight is 487 g/mol. The lowest BCUT2D eigenvalue weighted by molar-refractivity contribution is 0.0747. The third-order valence-corrected chi connectivity index (χ3v) is 7.48. The third kappa shape index (κ3) is 4.00. The van der Waals surface area contributed by atoms with Crippen molar-refractivity contribution in [3.63, 3.8) is 0 Å². The summed E-state index contributed by atoms with van der Waals surface area (Å²) in [5.74, 6) is 0.621. The number of ether oxygens (including phenoxy) is 1. The van der Waals surface area contributed by atoms with Crippen LogP contribution in [0.4, 0.5) is 10.1 Å². The van der Waals surface area contributed by atoms with E-state index in [0.29, 0.717) is 18.7 Å². The van der Waals surface area contributed by atoms with Gasteiger partial charge >= 0.3 is 0 Å². The van der Waals surface area contributed by atoms with Crippen molar-refractivity contribution in [2.75, 3.05) is 38.2 Å². The van der Waals surface area contributed by atoms with E-state index in [-0.39, 0.29) is 11.7 Å². The van der Waals surface area contributed by atoms with Gasteiger partial charge in [-0.3, -0.25) is 9.20 Å². The van der Waals surface area contributed by atoms with Gasteiger partial charge in [0, 0.05) is 55.3 Å². The lowest BCUT2D eigenvalue weighted by atomic mass is 10.1. The predicted octanol–water partition coefficient (Wildman–Crippen LogP) is 5.33. The van der Waals surface area contributed by atoms with E-state index in [9.17, 15) is 9.18 Å². The molecule has 2 aromatic heterocycles. The average Bonchev–Trinajstić information content (AvgIpc) is 3.46. The Labute approximate surface area is 205 Å². The lowest BCUT2D eigenvalue weighted by Crippen LogP contribution is -2.48. The summed E-state index contributed by atoms with van der Waals surface area (Å²) in [5.41, 5.74) is 4.48. The maximum Gasteiger partial charge on any atom is 0.254 e. The molecule has 1 amide bonds. The Hall–Kier alpha value is -3.91. The number of imidazole rings is 1. The molecule has 1 fully saturated rings. The minimum atomic E-state index is -0.265. The van der Waals surface area contributed by atoms with Crippen LogP contribution in [0.15, 0.2) is 72.9 Å². The van der Waals surface area contributed by atoms with Crippen LogP contribution in [0.25, 0.3) is 26.4 Å². The van der Waals surface area contributed by atoms with Crippen molar-refractivity contribution in [1.82, 2.24) is 14.3 Å². The van der Waals surface area contributed by atoms with E-state index in [0.717, 1.165) is 51.0 Å². The second-order valence-electron chi connectivity index (χ2n) is 8.55. The molecule has 0 radical (unpaired) electrons. The molecule has 0 bridgehead atoms. The van der Waals surface area contributed by atoms with Crippen molar-refractivity contribution in [3.8, 4) is 17.0 Å². The molecule has 176 valence electrons. The minimum absolute atomic E-state index is 0.0511. The standard InChI is InChI=1S/C27H23FN4O2S/c1-34-22-4-2-3-21(16-22)30-11-13-31(14-12-30)26(33)19-7-10-24-25(15-19)35-27-29-23(17-32(24)27)18-5-8-20(28)9-6-18/h2-10,15-17H,11-14H2,1H3. The van der Waals surface area contributed by atoms with Crippen molar-refractivity contribution in [1.29, 1.82) is 0 Å². The Bertz CT molecular complexity index is 1530. The number of carbonyl (C=O) groups excluding carboxylic acids is 1. The van der Waals surface area contributed by atoms with Crippen LogP contribution < -0.4 is 9.64 Å². The van der Waals surface area contributed by atoms with Crippen LogP contribution in [0, 0.1) is 5.82 Å². The van der Waals surface area contributed by atoms with E-state index in [1.54, 1.807) is 30.6 Å². The fourth-order valence-electron chi connectivity index (χ4n) is 4.55. The maximum absolute atomic E-state index is 13.3. The first-order chi connectivity index (χ1) is 17.1.